The molecule has 1 atom stereocenters. The Bertz CT molecular complexity index is 491. The molecule has 1 amide bonds. The maximum Gasteiger partial charge on any atom is 0.326 e. The Labute approximate surface area is 125 Å². The molecular formula is C17H23NO3. The maximum atomic E-state index is 11.8. The van der Waals surface area contributed by atoms with Crippen molar-refractivity contribution in [3.63, 3.8) is 0 Å². The van der Waals surface area contributed by atoms with Gasteiger partial charge < -0.3 is 10.4 Å². The van der Waals surface area contributed by atoms with Crippen molar-refractivity contribution >= 4 is 11.9 Å². The summed E-state index contributed by atoms with van der Waals surface area (Å²) in [4.78, 5) is 22.9. The fourth-order valence-electron chi connectivity index (χ4n) is 1.96. The van der Waals surface area contributed by atoms with Gasteiger partial charge in [-0.2, -0.15) is 0 Å². The molecule has 1 unspecified atom stereocenters. The number of allylic oxidation sites excluding steroid dienone is 1. The second-order valence-corrected chi connectivity index (χ2v) is 4.93. The van der Waals surface area contributed by atoms with Crippen LogP contribution in [-0.2, 0) is 22.4 Å². The molecule has 0 saturated heterocycles. The average Bonchev–Trinajstić information content (AvgIpc) is 2.49. The molecule has 0 fully saturated rings. The summed E-state index contributed by atoms with van der Waals surface area (Å²) in [5.41, 5.74) is 2.35. The largest absolute Gasteiger partial charge is 0.480 e. The number of hydrogen-bond donors (Lipinski definition) is 2. The van der Waals surface area contributed by atoms with Crippen molar-refractivity contribution in [2.24, 2.45) is 0 Å². The molecule has 0 saturated carbocycles. The second-order valence-electron chi connectivity index (χ2n) is 4.93. The van der Waals surface area contributed by atoms with Crippen molar-refractivity contribution in [1.82, 2.24) is 5.32 Å². The standard InChI is InChI=1S/C17H23NO3/c1-3-5-6-15(17(20)21)18-16(19)12-11-14-9-7-13(4-2)8-10-14/h3,5,7-10,15H,4,6,11-12H2,1-2H3,(H,18,19)(H,20,21)/b5-3+. The first kappa shape index (κ1) is 17.0. The van der Waals surface area contributed by atoms with Crippen LogP contribution in [0.25, 0.3) is 0 Å². The first-order valence-corrected chi connectivity index (χ1v) is 7.28. The molecule has 0 bridgehead atoms. The Hall–Kier alpha value is -2.10. The molecule has 0 aliphatic heterocycles. The van der Waals surface area contributed by atoms with Gasteiger partial charge in [0.2, 0.25) is 5.91 Å². The summed E-state index contributed by atoms with van der Waals surface area (Å²) in [5, 5.41) is 11.6. The summed E-state index contributed by atoms with van der Waals surface area (Å²) in [5.74, 6) is -1.24. The zero-order chi connectivity index (χ0) is 15.7. The molecule has 1 rings (SSSR count). The van der Waals surface area contributed by atoms with Crippen LogP contribution < -0.4 is 5.32 Å². The topological polar surface area (TPSA) is 66.4 Å². The molecule has 1 aromatic rings. The number of rotatable bonds is 8. The highest BCUT2D eigenvalue weighted by molar-refractivity contribution is 5.83. The zero-order valence-electron chi connectivity index (χ0n) is 12.6. The van der Waals surface area contributed by atoms with Gasteiger partial charge in [-0.3, -0.25) is 4.79 Å². The number of hydrogen-bond acceptors (Lipinski definition) is 2. The summed E-state index contributed by atoms with van der Waals surface area (Å²) in [6, 6.07) is 7.29. The van der Waals surface area contributed by atoms with E-state index in [1.807, 2.05) is 19.1 Å². The molecule has 0 aliphatic carbocycles. The van der Waals surface area contributed by atoms with Crippen LogP contribution >= 0.6 is 0 Å². The number of carboxylic acid groups (broad SMARTS) is 1. The zero-order valence-corrected chi connectivity index (χ0v) is 12.6. The van der Waals surface area contributed by atoms with Gasteiger partial charge in [-0.1, -0.05) is 43.3 Å². The van der Waals surface area contributed by atoms with Crippen LogP contribution in [0.4, 0.5) is 0 Å². The van der Waals surface area contributed by atoms with Crippen LogP contribution in [0.2, 0.25) is 0 Å². The van der Waals surface area contributed by atoms with Crippen LogP contribution in [0.5, 0.6) is 0 Å². The third-order valence-electron chi connectivity index (χ3n) is 3.31. The van der Waals surface area contributed by atoms with Crippen LogP contribution in [-0.4, -0.2) is 23.0 Å². The number of aryl methyl sites for hydroxylation is 2. The van der Waals surface area contributed by atoms with Crippen molar-refractivity contribution in [2.45, 2.75) is 45.6 Å². The van der Waals surface area contributed by atoms with E-state index in [1.165, 1.54) is 5.56 Å². The predicted octanol–water partition coefficient (Wildman–Crippen LogP) is 2.72. The third kappa shape index (κ3) is 6.25. The molecule has 0 radical (unpaired) electrons. The van der Waals surface area contributed by atoms with E-state index in [9.17, 15) is 9.59 Å². The summed E-state index contributed by atoms with van der Waals surface area (Å²) in [6.45, 7) is 3.92. The molecule has 4 nitrogen and oxygen atoms in total. The van der Waals surface area contributed by atoms with Crippen LogP contribution in [0.15, 0.2) is 36.4 Å². The van der Waals surface area contributed by atoms with Crippen LogP contribution in [0.1, 0.15) is 37.8 Å². The quantitative estimate of drug-likeness (QED) is 0.723. The van der Waals surface area contributed by atoms with Gasteiger partial charge in [0, 0.05) is 6.42 Å². The normalized spacial score (nSPS) is 12.3. The van der Waals surface area contributed by atoms with Crippen molar-refractivity contribution in [2.75, 3.05) is 0 Å². The first-order chi connectivity index (χ1) is 10.1. The number of benzene rings is 1. The number of carbonyl (C=O) groups is 2. The van der Waals surface area contributed by atoms with Crippen LogP contribution in [0.3, 0.4) is 0 Å². The lowest BCUT2D eigenvalue weighted by Crippen LogP contribution is -2.40. The minimum absolute atomic E-state index is 0.230. The highest BCUT2D eigenvalue weighted by atomic mass is 16.4. The molecule has 4 heteroatoms. The van der Waals surface area contributed by atoms with Crippen molar-refractivity contribution in [1.29, 1.82) is 0 Å². The van der Waals surface area contributed by atoms with Crippen molar-refractivity contribution in [3.05, 3.63) is 47.5 Å². The second kappa shape index (κ2) is 8.95. The minimum Gasteiger partial charge on any atom is -0.480 e. The fourth-order valence-corrected chi connectivity index (χ4v) is 1.96. The Morgan fingerprint density at radius 2 is 1.86 bits per heavy atom. The van der Waals surface area contributed by atoms with E-state index in [0.717, 1.165) is 12.0 Å². The Balaban J connectivity index is 2.46. The van der Waals surface area contributed by atoms with E-state index in [-0.39, 0.29) is 5.91 Å². The molecule has 21 heavy (non-hydrogen) atoms. The summed E-state index contributed by atoms with van der Waals surface area (Å²) >= 11 is 0. The Morgan fingerprint density at radius 1 is 1.24 bits per heavy atom. The Morgan fingerprint density at radius 3 is 2.38 bits per heavy atom. The van der Waals surface area contributed by atoms with E-state index >= 15 is 0 Å². The highest BCUT2D eigenvalue weighted by Crippen LogP contribution is 2.07. The molecule has 0 heterocycles. The average molecular weight is 289 g/mol. The minimum atomic E-state index is -1.01. The fraction of sp³-hybridized carbons (Fsp3) is 0.412. The van der Waals surface area contributed by atoms with Gasteiger partial charge in [0.05, 0.1) is 0 Å². The van der Waals surface area contributed by atoms with Gasteiger partial charge in [0.25, 0.3) is 0 Å². The van der Waals surface area contributed by atoms with E-state index in [1.54, 1.807) is 12.2 Å². The lowest BCUT2D eigenvalue weighted by atomic mass is 10.1. The summed E-state index contributed by atoms with van der Waals surface area (Å²) < 4.78 is 0. The molecule has 2 N–H and O–H groups in total. The molecule has 114 valence electrons. The van der Waals surface area contributed by atoms with Gasteiger partial charge in [-0.05, 0) is 37.3 Å². The highest BCUT2D eigenvalue weighted by Gasteiger charge is 2.17. The van der Waals surface area contributed by atoms with E-state index in [4.69, 9.17) is 5.11 Å². The number of amides is 1. The first-order valence-electron chi connectivity index (χ1n) is 7.28. The van der Waals surface area contributed by atoms with Gasteiger partial charge in [-0.25, -0.2) is 4.79 Å². The number of aliphatic carboxylic acids is 1. The van der Waals surface area contributed by atoms with E-state index in [0.29, 0.717) is 19.3 Å². The molecule has 0 spiro atoms. The van der Waals surface area contributed by atoms with Gasteiger partial charge in [0.15, 0.2) is 0 Å². The molecule has 0 aromatic heterocycles. The lowest BCUT2D eigenvalue weighted by molar-refractivity contribution is -0.141. The molecular weight excluding hydrogens is 266 g/mol. The lowest BCUT2D eigenvalue weighted by Gasteiger charge is -2.12. The van der Waals surface area contributed by atoms with Gasteiger partial charge in [-0.15, -0.1) is 0 Å². The SMILES string of the molecule is C/C=C/CC(NC(=O)CCc1ccc(CC)cc1)C(=O)O. The summed E-state index contributed by atoms with van der Waals surface area (Å²) in [7, 11) is 0. The van der Waals surface area contributed by atoms with Gasteiger partial charge >= 0.3 is 5.97 Å². The number of carboxylic acids is 1. The van der Waals surface area contributed by atoms with E-state index < -0.39 is 12.0 Å². The molecule has 1 aromatic carbocycles. The molecule has 0 aliphatic rings. The van der Waals surface area contributed by atoms with Gasteiger partial charge in [0.1, 0.15) is 6.04 Å². The third-order valence-corrected chi connectivity index (χ3v) is 3.31. The van der Waals surface area contributed by atoms with E-state index in [2.05, 4.69) is 24.4 Å². The van der Waals surface area contributed by atoms with Crippen molar-refractivity contribution < 1.29 is 14.7 Å². The number of nitrogens with one attached hydrogen (secondary N) is 1. The predicted molar refractivity (Wildman–Crippen MR) is 83.1 cm³/mol. The maximum absolute atomic E-state index is 11.8. The van der Waals surface area contributed by atoms with Crippen LogP contribution in [0, 0.1) is 0 Å². The number of carbonyl (C=O) groups excluding carboxylic acids is 1. The monoisotopic (exact) mass is 289 g/mol. The Kier molecular flexibility index (Phi) is 7.23. The summed E-state index contributed by atoms with van der Waals surface area (Å²) in [6.07, 6.45) is 5.73. The van der Waals surface area contributed by atoms with Crippen molar-refractivity contribution in [3.8, 4) is 0 Å². The smallest absolute Gasteiger partial charge is 0.326 e.